The number of nitrogens with two attached hydrogens (primary N) is 1. The summed E-state index contributed by atoms with van der Waals surface area (Å²) >= 11 is 0. The van der Waals surface area contributed by atoms with Gasteiger partial charge in [-0.25, -0.2) is 19.2 Å². The van der Waals surface area contributed by atoms with Crippen LogP contribution in [0.3, 0.4) is 0 Å². The first-order chi connectivity index (χ1) is 21.3. The number of benzene rings is 3. The van der Waals surface area contributed by atoms with Gasteiger partial charge in [0.25, 0.3) is 5.91 Å². The highest BCUT2D eigenvalue weighted by Crippen LogP contribution is 2.31. The quantitative estimate of drug-likeness (QED) is 0.265. The Morgan fingerprint density at radius 1 is 1.00 bits per heavy atom. The lowest BCUT2D eigenvalue weighted by Crippen LogP contribution is -2.37. The minimum absolute atomic E-state index is 0.0151. The van der Waals surface area contributed by atoms with Crippen molar-refractivity contribution in [2.75, 3.05) is 63.0 Å². The van der Waals surface area contributed by atoms with Crippen LogP contribution >= 0.6 is 0 Å². The van der Waals surface area contributed by atoms with Gasteiger partial charge in [0.05, 0.1) is 24.4 Å². The zero-order chi connectivity index (χ0) is 31.2. The van der Waals surface area contributed by atoms with Gasteiger partial charge in [-0.05, 0) is 60.2 Å². The van der Waals surface area contributed by atoms with Gasteiger partial charge in [-0.1, -0.05) is 6.07 Å². The second kappa shape index (κ2) is 13.3. The smallest absolute Gasteiger partial charge is 0.323 e. The molecule has 3 aromatic carbocycles. The molecule has 1 saturated heterocycles. The molecule has 0 bridgehead atoms. The average Bonchev–Trinajstić information content (AvgIpc) is 3.04. The third-order valence-electron chi connectivity index (χ3n) is 7.04. The molecule has 0 aliphatic carbocycles. The Hall–Kier alpha value is -5.36. The van der Waals surface area contributed by atoms with E-state index in [0.717, 1.165) is 22.3 Å². The average molecular weight is 597 g/mol. The number of morpholine rings is 1. The zero-order valence-electron chi connectivity index (χ0n) is 24.7. The maximum atomic E-state index is 15.3. The molecule has 0 radical (unpaired) electrons. The number of halogens is 1. The Morgan fingerprint density at radius 3 is 2.39 bits per heavy atom. The Balaban J connectivity index is 1.41. The van der Waals surface area contributed by atoms with Crippen molar-refractivity contribution in [3.05, 3.63) is 83.8 Å². The van der Waals surface area contributed by atoms with E-state index in [2.05, 4.69) is 20.5 Å². The second-order valence-electron chi connectivity index (χ2n) is 10.3. The molecular formula is C32H33FN8O3. The highest BCUT2D eigenvalue weighted by molar-refractivity contribution is 6.11. The van der Waals surface area contributed by atoms with Crippen LogP contribution < -0.4 is 21.3 Å². The van der Waals surface area contributed by atoms with Crippen LogP contribution in [0, 0.1) is 5.82 Å². The SMILES string of the molecule is CN=CC(=CN)c1ccc2c(N3CCOCC3)nc(-c3ccc(NC(=O)Nc4ccc(C(=O)N(C)C)cc4)c(F)c3)nc2c1. The topological polar surface area (TPSA) is 138 Å². The minimum atomic E-state index is -0.651. The van der Waals surface area contributed by atoms with Crippen molar-refractivity contribution in [2.45, 2.75) is 0 Å². The molecule has 3 amide bonds. The zero-order valence-corrected chi connectivity index (χ0v) is 24.7. The summed E-state index contributed by atoms with van der Waals surface area (Å²) in [6.07, 6.45) is 3.15. The summed E-state index contributed by atoms with van der Waals surface area (Å²) in [5, 5.41) is 6.02. The van der Waals surface area contributed by atoms with Crippen LogP contribution in [-0.4, -0.2) is 80.5 Å². The van der Waals surface area contributed by atoms with Crippen LogP contribution in [0.5, 0.6) is 0 Å². The molecule has 44 heavy (non-hydrogen) atoms. The number of rotatable bonds is 7. The first-order valence-electron chi connectivity index (χ1n) is 14.0. The molecule has 2 heterocycles. The summed E-state index contributed by atoms with van der Waals surface area (Å²) in [5.41, 5.74) is 9.44. The van der Waals surface area contributed by atoms with Crippen molar-refractivity contribution in [1.29, 1.82) is 0 Å². The fourth-order valence-electron chi connectivity index (χ4n) is 4.79. The van der Waals surface area contributed by atoms with E-state index in [0.29, 0.717) is 54.5 Å². The maximum absolute atomic E-state index is 15.3. The normalized spacial score (nSPS) is 13.7. The predicted molar refractivity (Wildman–Crippen MR) is 172 cm³/mol. The minimum Gasteiger partial charge on any atom is -0.404 e. The number of nitrogens with one attached hydrogen (secondary N) is 2. The second-order valence-corrected chi connectivity index (χ2v) is 10.3. The number of ether oxygens (including phenoxy) is 1. The van der Waals surface area contributed by atoms with Crippen LogP contribution in [0.15, 0.2) is 71.9 Å². The summed E-state index contributed by atoms with van der Waals surface area (Å²) in [6.45, 7) is 2.46. The molecule has 0 unspecified atom stereocenters. The number of allylic oxidation sites excluding steroid dienone is 1. The number of aromatic nitrogens is 2. The van der Waals surface area contributed by atoms with Gasteiger partial charge in [-0.2, -0.15) is 0 Å². The summed E-state index contributed by atoms with van der Waals surface area (Å²) < 4.78 is 20.9. The van der Waals surface area contributed by atoms with E-state index in [9.17, 15) is 9.59 Å². The number of amides is 3. The third kappa shape index (κ3) is 6.65. The number of carbonyl (C=O) groups is 2. The summed E-state index contributed by atoms with van der Waals surface area (Å²) in [6, 6.07) is 16.0. The van der Waals surface area contributed by atoms with E-state index in [4.69, 9.17) is 20.4 Å². The fraction of sp³-hybridized carbons (Fsp3) is 0.219. The van der Waals surface area contributed by atoms with E-state index >= 15 is 4.39 Å². The number of hydrogen-bond donors (Lipinski definition) is 3. The number of fused-ring (bicyclic) bond motifs is 1. The van der Waals surface area contributed by atoms with E-state index < -0.39 is 11.8 Å². The Kier molecular flexibility index (Phi) is 9.10. The number of aliphatic imine (C=N–C) groups is 1. The largest absolute Gasteiger partial charge is 0.404 e. The van der Waals surface area contributed by atoms with E-state index in [1.54, 1.807) is 57.7 Å². The molecule has 11 nitrogen and oxygen atoms in total. The molecule has 1 fully saturated rings. The van der Waals surface area contributed by atoms with E-state index in [1.807, 2.05) is 18.2 Å². The van der Waals surface area contributed by atoms with Crippen molar-refractivity contribution in [3.63, 3.8) is 0 Å². The van der Waals surface area contributed by atoms with Crippen LogP contribution in [0.2, 0.25) is 0 Å². The van der Waals surface area contributed by atoms with E-state index in [-0.39, 0.29) is 11.6 Å². The molecule has 4 aromatic rings. The van der Waals surface area contributed by atoms with Crippen LogP contribution in [0.25, 0.3) is 27.9 Å². The molecule has 1 aliphatic heterocycles. The van der Waals surface area contributed by atoms with Gasteiger partial charge in [0, 0.05) is 74.4 Å². The summed E-state index contributed by atoms with van der Waals surface area (Å²) in [4.78, 5) is 42.0. The first kappa shape index (κ1) is 30.1. The summed E-state index contributed by atoms with van der Waals surface area (Å²) in [5.74, 6) is 0.255. The van der Waals surface area contributed by atoms with Gasteiger partial charge in [-0.3, -0.25) is 9.79 Å². The van der Waals surface area contributed by atoms with Gasteiger partial charge in [0.1, 0.15) is 11.6 Å². The number of urea groups is 1. The monoisotopic (exact) mass is 596 g/mol. The number of nitrogens with zero attached hydrogens (tertiary/aromatic N) is 5. The van der Waals surface area contributed by atoms with Crippen molar-refractivity contribution >= 4 is 51.8 Å². The number of hydrogen-bond acceptors (Lipinski definition) is 8. The highest BCUT2D eigenvalue weighted by Gasteiger charge is 2.20. The van der Waals surface area contributed by atoms with Gasteiger partial charge in [0.2, 0.25) is 0 Å². The molecule has 5 rings (SSSR count). The Bertz CT molecular complexity index is 1750. The predicted octanol–water partition coefficient (Wildman–Crippen LogP) is 4.62. The Morgan fingerprint density at radius 2 is 1.73 bits per heavy atom. The number of carbonyl (C=O) groups excluding carboxylic acids is 2. The van der Waals surface area contributed by atoms with Gasteiger partial charge in [0.15, 0.2) is 5.82 Å². The molecule has 0 spiro atoms. The molecule has 226 valence electrons. The van der Waals surface area contributed by atoms with Crippen molar-refractivity contribution < 1.29 is 18.7 Å². The van der Waals surface area contributed by atoms with Gasteiger partial charge >= 0.3 is 6.03 Å². The molecule has 1 aromatic heterocycles. The van der Waals surface area contributed by atoms with Crippen LogP contribution in [0.4, 0.5) is 26.4 Å². The first-order valence-corrected chi connectivity index (χ1v) is 14.0. The van der Waals surface area contributed by atoms with Crippen molar-refractivity contribution in [1.82, 2.24) is 14.9 Å². The standard InChI is InChI=1S/C32H33FN8O3/c1-35-19-23(18-34)21-6-10-25-28(17-21)37-29(39-30(25)41-12-14-44-15-13-41)22-7-11-27(26(33)16-22)38-32(43)36-24-8-4-20(5-9-24)31(42)40(2)3/h4-11,16-19H,12-15,34H2,1-3H3,(H2,36,38,43). The lowest BCUT2D eigenvalue weighted by atomic mass is 10.0. The molecule has 4 N–H and O–H groups in total. The van der Waals surface area contributed by atoms with Crippen molar-refractivity contribution in [3.8, 4) is 11.4 Å². The summed E-state index contributed by atoms with van der Waals surface area (Å²) in [7, 11) is 4.99. The number of anilines is 3. The highest BCUT2D eigenvalue weighted by atomic mass is 19.1. The molecule has 0 saturated carbocycles. The molecular weight excluding hydrogens is 563 g/mol. The Labute approximate surface area is 254 Å². The lowest BCUT2D eigenvalue weighted by Gasteiger charge is -2.29. The van der Waals surface area contributed by atoms with E-state index in [1.165, 1.54) is 23.2 Å². The third-order valence-corrected chi connectivity index (χ3v) is 7.04. The molecule has 12 heteroatoms. The van der Waals surface area contributed by atoms with Crippen LogP contribution in [0.1, 0.15) is 15.9 Å². The molecule has 0 atom stereocenters. The van der Waals surface area contributed by atoms with Crippen molar-refractivity contribution in [2.24, 2.45) is 10.7 Å². The lowest BCUT2D eigenvalue weighted by molar-refractivity contribution is 0.0827. The fourth-order valence-corrected chi connectivity index (χ4v) is 4.79. The van der Waals surface area contributed by atoms with Gasteiger partial charge in [-0.15, -0.1) is 0 Å². The van der Waals surface area contributed by atoms with Gasteiger partial charge < -0.3 is 30.9 Å². The molecule has 1 aliphatic rings. The van der Waals surface area contributed by atoms with Crippen LogP contribution in [-0.2, 0) is 4.74 Å². The maximum Gasteiger partial charge on any atom is 0.323 e.